The van der Waals surface area contributed by atoms with Crippen LogP contribution in [0.25, 0.3) is 0 Å². The van der Waals surface area contributed by atoms with E-state index in [1.165, 1.54) is 0 Å². The first-order valence-corrected chi connectivity index (χ1v) is 8.03. The minimum Gasteiger partial charge on any atom is -0.229 e. The second-order valence-electron chi connectivity index (χ2n) is 5.01. The van der Waals surface area contributed by atoms with Crippen LogP contribution in [-0.2, 0) is 9.95 Å². The van der Waals surface area contributed by atoms with Crippen molar-refractivity contribution in [3.63, 3.8) is 0 Å². The van der Waals surface area contributed by atoms with Crippen LogP contribution in [0.1, 0.15) is 16.7 Å². The molecule has 0 N–H and O–H groups in total. The van der Waals surface area contributed by atoms with Crippen LogP contribution in [0.15, 0.2) is 91.0 Å². The van der Waals surface area contributed by atoms with E-state index in [9.17, 15) is 4.79 Å². The van der Waals surface area contributed by atoms with Gasteiger partial charge in [-0.05, 0) is 16.7 Å². The molecule has 0 atom stereocenters. The van der Waals surface area contributed by atoms with E-state index in [2.05, 4.69) is 42.1 Å². The van der Waals surface area contributed by atoms with Crippen molar-refractivity contribution < 1.29 is 4.79 Å². The summed E-state index contributed by atoms with van der Waals surface area (Å²) in [5, 5.41) is -0.522. The van der Waals surface area contributed by atoms with Crippen molar-refractivity contribution in [3.8, 4) is 0 Å². The van der Waals surface area contributed by atoms with Gasteiger partial charge < -0.3 is 0 Å². The highest BCUT2D eigenvalue weighted by atomic mass is 31.1. The quantitative estimate of drug-likeness (QED) is 0.490. The molecule has 3 aromatic rings. The minimum atomic E-state index is -0.522. The summed E-state index contributed by atoms with van der Waals surface area (Å²) in [6, 6.07) is 30.5. The SMILES string of the molecule is O=C=PC(c1ccccc1)(c1ccccc1)c1ccccc1. The predicted molar refractivity (Wildman–Crippen MR) is 91.8 cm³/mol. The van der Waals surface area contributed by atoms with Gasteiger partial charge >= 0.3 is 0 Å². The number of hydrogen-bond donors (Lipinski definition) is 0. The van der Waals surface area contributed by atoms with Gasteiger partial charge in [-0.2, -0.15) is 0 Å². The van der Waals surface area contributed by atoms with Gasteiger partial charge in [0.1, 0.15) is 0 Å². The Morgan fingerprint density at radius 1 is 0.591 bits per heavy atom. The third kappa shape index (κ3) is 2.53. The third-order valence-corrected chi connectivity index (χ3v) is 4.99. The predicted octanol–water partition coefficient (Wildman–Crippen LogP) is 4.99. The highest BCUT2D eigenvalue weighted by molar-refractivity contribution is 7.39. The summed E-state index contributed by atoms with van der Waals surface area (Å²) in [6.45, 7) is 0. The maximum atomic E-state index is 11.4. The Kier molecular flexibility index (Phi) is 4.30. The summed E-state index contributed by atoms with van der Waals surface area (Å²) in [5.74, 6) is 0. The maximum Gasteiger partial charge on any atom is 0.151 e. The third-order valence-electron chi connectivity index (χ3n) is 3.79. The molecule has 3 aromatic carbocycles. The fraction of sp³-hybridized carbons (Fsp3) is 0.0500. The molecule has 0 aromatic heterocycles. The van der Waals surface area contributed by atoms with Gasteiger partial charge in [-0.25, -0.2) is 4.79 Å². The van der Waals surface area contributed by atoms with Crippen molar-refractivity contribution in [1.82, 2.24) is 0 Å². The molecule has 0 aliphatic carbocycles. The van der Waals surface area contributed by atoms with Gasteiger partial charge in [0.05, 0.1) is 5.16 Å². The summed E-state index contributed by atoms with van der Waals surface area (Å²) in [7, 11) is 0.590. The summed E-state index contributed by atoms with van der Waals surface area (Å²) >= 11 is 0. The summed E-state index contributed by atoms with van der Waals surface area (Å²) in [4.78, 5) is 11.4. The Labute approximate surface area is 132 Å². The van der Waals surface area contributed by atoms with E-state index < -0.39 is 5.16 Å². The molecule has 0 spiro atoms. The number of carbonyl (C=O) groups excluding carboxylic acids is 1. The van der Waals surface area contributed by atoms with E-state index in [1.807, 2.05) is 54.6 Å². The van der Waals surface area contributed by atoms with E-state index in [0.29, 0.717) is 8.20 Å². The van der Waals surface area contributed by atoms with Crippen LogP contribution in [0.4, 0.5) is 0 Å². The van der Waals surface area contributed by atoms with Gasteiger partial charge in [0.2, 0.25) is 0 Å². The lowest BCUT2D eigenvalue weighted by Gasteiger charge is -2.30. The first kappa shape index (κ1) is 14.5. The Morgan fingerprint density at radius 3 is 1.18 bits per heavy atom. The molecule has 0 heterocycles. The number of rotatable bonds is 4. The first-order chi connectivity index (χ1) is 10.9. The van der Waals surface area contributed by atoms with E-state index in [0.717, 1.165) is 16.7 Å². The van der Waals surface area contributed by atoms with Crippen molar-refractivity contribution in [2.24, 2.45) is 0 Å². The fourth-order valence-electron chi connectivity index (χ4n) is 2.80. The van der Waals surface area contributed by atoms with Gasteiger partial charge in [0.15, 0.2) is 5.66 Å². The fourth-order valence-corrected chi connectivity index (χ4v) is 3.77. The molecule has 0 saturated heterocycles. The normalized spacial score (nSPS) is 11.1. The molecule has 0 bridgehead atoms. The van der Waals surface area contributed by atoms with Gasteiger partial charge in [-0.3, -0.25) is 0 Å². The lowest BCUT2D eigenvalue weighted by atomic mass is 9.84. The van der Waals surface area contributed by atoms with E-state index in [-0.39, 0.29) is 0 Å². The zero-order chi connectivity index (χ0) is 15.3. The van der Waals surface area contributed by atoms with Gasteiger partial charge in [0.25, 0.3) is 0 Å². The summed E-state index contributed by atoms with van der Waals surface area (Å²) < 4.78 is 0. The van der Waals surface area contributed by atoms with Crippen molar-refractivity contribution in [1.29, 1.82) is 0 Å². The molecule has 0 aliphatic rings. The lowest BCUT2D eigenvalue weighted by molar-refractivity contribution is 0.571. The van der Waals surface area contributed by atoms with Crippen LogP contribution >= 0.6 is 8.20 Å². The van der Waals surface area contributed by atoms with Crippen LogP contribution < -0.4 is 0 Å². The van der Waals surface area contributed by atoms with Crippen molar-refractivity contribution in [2.45, 2.75) is 5.16 Å². The Morgan fingerprint density at radius 2 is 0.909 bits per heavy atom. The monoisotopic (exact) mass is 302 g/mol. The summed E-state index contributed by atoms with van der Waals surface area (Å²) in [5.41, 5.74) is 5.41. The second kappa shape index (κ2) is 6.54. The van der Waals surface area contributed by atoms with Crippen LogP contribution in [0, 0.1) is 0 Å². The second-order valence-corrected chi connectivity index (χ2v) is 6.09. The highest BCUT2D eigenvalue weighted by Crippen LogP contribution is 2.47. The molecule has 3 rings (SSSR count). The van der Waals surface area contributed by atoms with Gasteiger partial charge in [0, 0.05) is 8.20 Å². The minimum absolute atomic E-state index is 0.522. The zero-order valence-electron chi connectivity index (χ0n) is 12.0. The average molecular weight is 302 g/mol. The van der Waals surface area contributed by atoms with Gasteiger partial charge in [-0.1, -0.05) is 91.0 Å². The van der Waals surface area contributed by atoms with Crippen molar-refractivity contribution in [3.05, 3.63) is 108 Å². The summed E-state index contributed by atoms with van der Waals surface area (Å²) in [6.07, 6.45) is 0. The Hall–Kier alpha value is -2.46. The molecule has 2 heteroatoms. The molecular formula is C20H15OP. The topological polar surface area (TPSA) is 17.1 Å². The van der Waals surface area contributed by atoms with E-state index >= 15 is 0 Å². The first-order valence-electron chi connectivity index (χ1n) is 7.13. The smallest absolute Gasteiger partial charge is 0.151 e. The molecule has 0 unspecified atom stereocenters. The maximum absolute atomic E-state index is 11.4. The van der Waals surface area contributed by atoms with E-state index in [1.54, 1.807) is 0 Å². The van der Waals surface area contributed by atoms with Gasteiger partial charge in [-0.15, -0.1) is 0 Å². The standard InChI is InChI=1S/C20H15OP/c21-16-22-20(17-10-4-1-5-11-17,18-12-6-2-7-13-18)19-14-8-3-9-15-19/h1-15H. The molecule has 0 saturated carbocycles. The highest BCUT2D eigenvalue weighted by Gasteiger charge is 2.35. The molecule has 0 fully saturated rings. The van der Waals surface area contributed by atoms with Crippen molar-refractivity contribution in [2.75, 3.05) is 0 Å². The van der Waals surface area contributed by atoms with Crippen LogP contribution in [0.5, 0.6) is 0 Å². The largest absolute Gasteiger partial charge is 0.229 e. The van der Waals surface area contributed by atoms with Crippen LogP contribution in [0.3, 0.4) is 0 Å². The Bertz CT molecular complexity index is 679. The zero-order valence-corrected chi connectivity index (χ0v) is 12.9. The van der Waals surface area contributed by atoms with Crippen molar-refractivity contribution >= 4 is 13.9 Å². The number of benzene rings is 3. The average Bonchev–Trinajstić information content (AvgIpc) is 2.62. The molecule has 1 nitrogen and oxygen atoms in total. The lowest BCUT2D eigenvalue weighted by Crippen LogP contribution is -2.22. The molecule has 0 radical (unpaired) electrons. The van der Waals surface area contributed by atoms with Crippen LogP contribution in [0.2, 0.25) is 0 Å². The molecular weight excluding hydrogens is 287 g/mol. The Balaban J connectivity index is 2.37. The van der Waals surface area contributed by atoms with Crippen LogP contribution in [-0.4, -0.2) is 5.66 Å². The molecule has 22 heavy (non-hydrogen) atoms. The number of hydrogen-bond acceptors (Lipinski definition) is 1. The van der Waals surface area contributed by atoms with E-state index in [4.69, 9.17) is 0 Å². The molecule has 106 valence electrons. The molecule has 0 aliphatic heterocycles. The molecule has 0 amide bonds.